The van der Waals surface area contributed by atoms with E-state index in [2.05, 4.69) is 5.32 Å². The zero-order chi connectivity index (χ0) is 14.6. The van der Waals surface area contributed by atoms with Gasteiger partial charge in [0.1, 0.15) is 12.6 Å². The first-order valence-corrected chi connectivity index (χ1v) is 7.05. The number of amides is 3. The number of nitrogens with one attached hydrogen (secondary N) is 1. The van der Waals surface area contributed by atoms with E-state index in [9.17, 15) is 14.4 Å². The minimum absolute atomic E-state index is 0.0841. The quantitative estimate of drug-likeness (QED) is 0.761. The number of aliphatic carboxylic acids is 1. The normalized spacial score (nSPS) is 22.2. The van der Waals surface area contributed by atoms with E-state index < -0.39 is 18.0 Å². The lowest BCUT2D eigenvalue weighted by Crippen LogP contribution is -2.52. The Morgan fingerprint density at radius 1 is 1.47 bits per heavy atom. The maximum absolute atomic E-state index is 12.3. The monoisotopic (exact) mass is 289 g/mol. The van der Waals surface area contributed by atoms with Gasteiger partial charge in [-0.3, -0.25) is 9.69 Å². The minimum atomic E-state index is -1.01. The molecule has 2 atom stereocenters. The van der Waals surface area contributed by atoms with Gasteiger partial charge in [-0.1, -0.05) is 6.92 Å². The van der Waals surface area contributed by atoms with Crippen molar-refractivity contribution >= 4 is 29.7 Å². The smallest absolute Gasteiger partial charge is 0.327 e. The van der Waals surface area contributed by atoms with Crippen molar-refractivity contribution in [3.05, 3.63) is 0 Å². The predicted octanol–water partition coefficient (Wildman–Crippen LogP) is 0.0223. The van der Waals surface area contributed by atoms with Crippen LogP contribution in [0.2, 0.25) is 0 Å². The molecule has 1 aliphatic heterocycles. The molecule has 8 heteroatoms. The molecule has 0 bridgehead atoms. The summed E-state index contributed by atoms with van der Waals surface area (Å²) in [5.74, 6) is -0.916. The number of hydrogen-bond acceptors (Lipinski definition) is 4. The minimum Gasteiger partial charge on any atom is -0.480 e. The molecular formula is C11H19N3O4S. The molecule has 0 spiro atoms. The van der Waals surface area contributed by atoms with E-state index >= 15 is 0 Å². The number of carbonyl (C=O) groups excluding carboxylic acids is 2. The van der Waals surface area contributed by atoms with Gasteiger partial charge < -0.3 is 15.3 Å². The second kappa shape index (κ2) is 6.65. The summed E-state index contributed by atoms with van der Waals surface area (Å²) < 4.78 is 0. The molecule has 108 valence electrons. The van der Waals surface area contributed by atoms with Gasteiger partial charge in [0.25, 0.3) is 0 Å². The van der Waals surface area contributed by atoms with Crippen LogP contribution in [0.25, 0.3) is 0 Å². The predicted molar refractivity (Wildman–Crippen MR) is 71.9 cm³/mol. The fraction of sp³-hybridized carbons (Fsp3) is 0.727. The third kappa shape index (κ3) is 3.52. The van der Waals surface area contributed by atoms with E-state index in [0.29, 0.717) is 12.2 Å². The highest BCUT2D eigenvalue weighted by molar-refractivity contribution is 8.00. The first-order valence-electron chi connectivity index (χ1n) is 6.00. The van der Waals surface area contributed by atoms with E-state index in [0.717, 1.165) is 0 Å². The number of likely N-dealkylation sites (N-methyl/N-ethyl adjacent to an activating group) is 2. The lowest BCUT2D eigenvalue weighted by molar-refractivity contribution is -0.141. The molecule has 3 amide bonds. The molecule has 2 unspecified atom stereocenters. The average Bonchev–Trinajstić information content (AvgIpc) is 2.81. The molecule has 1 aliphatic rings. The Kier molecular flexibility index (Phi) is 5.46. The number of carbonyl (C=O) groups is 3. The van der Waals surface area contributed by atoms with E-state index in [1.54, 1.807) is 0 Å². The summed E-state index contributed by atoms with van der Waals surface area (Å²) in [6.45, 7) is 1.82. The molecule has 19 heavy (non-hydrogen) atoms. The summed E-state index contributed by atoms with van der Waals surface area (Å²) in [6.07, 6.45) is 0.675. The maximum atomic E-state index is 12.3. The number of nitrogens with zero attached hydrogens (tertiary/aromatic N) is 2. The third-order valence-corrected chi connectivity index (χ3v) is 4.39. The molecule has 0 aromatic carbocycles. The van der Waals surface area contributed by atoms with Crippen molar-refractivity contribution in [2.24, 2.45) is 0 Å². The van der Waals surface area contributed by atoms with Crippen molar-refractivity contribution in [1.82, 2.24) is 15.1 Å². The highest BCUT2D eigenvalue weighted by Crippen LogP contribution is 2.32. The number of carboxylic acids is 1. The van der Waals surface area contributed by atoms with Gasteiger partial charge in [-0.25, -0.2) is 9.59 Å². The van der Waals surface area contributed by atoms with E-state index in [4.69, 9.17) is 5.11 Å². The van der Waals surface area contributed by atoms with Crippen molar-refractivity contribution < 1.29 is 19.5 Å². The molecular weight excluding hydrogens is 270 g/mol. The number of carboxylic acid groups (broad SMARTS) is 1. The Hall–Kier alpha value is -1.44. The largest absolute Gasteiger partial charge is 0.480 e. The van der Waals surface area contributed by atoms with Gasteiger partial charge in [0.05, 0.1) is 5.37 Å². The molecule has 1 rings (SSSR count). The van der Waals surface area contributed by atoms with Gasteiger partial charge in [0, 0.05) is 19.8 Å². The number of rotatable bonds is 4. The summed E-state index contributed by atoms with van der Waals surface area (Å²) in [4.78, 5) is 37.3. The Morgan fingerprint density at radius 2 is 2.11 bits per heavy atom. The maximum Gasteiger partial charge on any atom is 0.327 e. The van der Waals surface area contributed by atoms with Crippen LogP contribution in [-0.4, -0.2) is 70.6 Å². The van der Waals surface area contributed by atoms with Crippen LogP contribution >= 0.6 is 11.8 Å². The van der Waals surface area contributed by atoms with Gasteiger partial charge >= 0.3 is 12.0 Å². The van der Waals surface area contributed by atoms with E-state index in [1.807, 2.05) is 6.92 Å². The van der Waals surface area contributed by atoms with Gasteiger partial charge in [-0.2, -0.15) is 0 Å². The number of urea groups is 1. The molecule has 1 heterocycles. The molecule has 1 fully saturated rings. The zero-order valence-electron chi connectivity index (χ0n) is 11.3. The van der Waals surface area contributed by atoms with Crippen molar-refractivity contribution in [1.29, 1.82) is 0 Å². The van der Waals surface area contributed by atoms with Gasteiger partial charge in [0.15, 0.2) is 0 Å². The van der Waals surface area contributed by atoms with Gasteiger partial charge in [-0.05, 0) is 6.42 Å². The molecule has 0 aromatic heterocycles. The summed E-state index contributed by atoms with van der Waals surface area (Å²) >= 11 is 1.45. The van der Waals surface area contributed by atoms with E-state index in [1.165, 1.54) is 35.7 Å². The van der Waals surface area contributed by atoms with Crippen LogP contribution < -0.4 is 5.32 Å². The van der Waals surface area contributed by atoms with Crippen LogP contribution in [-0.2, 0) is 9.59 Å². The topological polar surface area (TPSA) is 90.0 Å². The lowest BCUT2D eigenvalue weighted by Gasteiger charge is -2.30. The molecule has 0 aromatic rings. The van der Waals surface area contributed by atoms with Crippen molar-refractivity contribution in [2.45, 2.75) is 24.8 Å². The van der Waals surface area contributed by atoms with Crippen LogP contribution in [0.1, 0.15) is 13.3 Å². The summed E-state index contributed by atoms with van der Waals surface area (Å²) in [7, 11) is 2.98. The first-order chi connectivity index (χ1) is 8.92. The second-order valence-corrected chi connectivity index (χ2v) is 5.48. The molecule has 0 aliphatic carbocycles. The highest BCUT2D eigenvalue weighted by atomic mass is 32.2. The van der Waals surface area contributed by atoms with Gasteiger partial charge in [-0.15, -0.1) is 11.8 Å². The Balaban J connectivity index is 2.80. The molecule has 1 saturated heterocycles. The molecule has 0 radical (unpaired) electrons. The van der Waals surface area contributed by atoms with Crippen LogP contribution in [0.5, 0.6) is 0 Å². The third-order valence-electron chi connectivity index (χ3n) is 2.93. The fourth-order valence-corrected chi connectivity index (χ4v) is 3.23. The fourth-order valence-electron chi connectivity index (χ4n) is 1.88. The highest BCUT2D eigenvalue weighted by Gasteiger charge is 2.42. The van der Waals surface area contributed by atoms with Crippen molar-refractivity contribution in [3.8, 4) is 0 Å². The molecule has 2 N–H and O–H groups in total. The lowest BCUT2D eigenvalue weighted by atomic mass is 10.2. The standard InChI is InChI=1S/C11H19N3O4S/c1-4-9-14(7(6-19-9)10(16)17)11(18)13(3)5-8(15)12-2/h7,9H,4-6H2,1-3H3,(H,12,15)(H,16,17). The van der Waals surface area contributed by atoms with Crippen molar-refractivity contribution in [2.75, 3.05) is 26.4 Å². The molecule has 0 saturated carbocycles. The average molecular weight is 289 g/mol. The summed E-state index contributed by atoms with van der Waals surface area (Å²) in [5, 5.41) is 11.4. The van der Waals surface area contributed by atoms with Crippen LogP contribution in [0, 0.1) is 0 Å². The van der Waals surface area contributed by atoms with Crippen molar-refractivity contribution in [3.63, 3.8) is 0 Å². The number of thioether (sulfide) groups is 1. The second-order valence-electron chi connectivity index (χ2n) is 4.27. The first kappa shape index (κ1) is 15.6. The number of hydrogen-bond donors (Lipinski definition) is 2. The van der Waals surface area contributed by atoms with Gasteiger partial charge in [0.2, 0.25) is 5.91 Å². The Bertz CT molecular complexity index is 377. The van der Waals surface area contributed by atoms with Crippen LogP contribution in [0.4, 0.5) is 4.79 Å². The SMILES string of the molecule is CCC1SCC(C(=O)O)N1C(=O)N(C)CC(=O)NC. The van der Waals surface area contributed by atoms with E-state index in [-0.39, 0.29) is 17.8 Å². The summed E-state index contributed by atoms with van der Waals surface area (Å²) in [5.41, 5.74) is 0. The van der Waals surface area contributed by atoms with Crippen LogP contribution in [0.15, 0.2) is 0 Å². The zero-order valence-corrected chi connectivity index (χ0v) is 12.1. The Morgan fingerprint density at radius 3 is 2.58 bits per heavy atom. The van der Waals surface area contributed by atoms with Crippen LogP contribution in [0.3, 0.4) is 0 Å². The summed E-state index contributed by atoms with van der Waals surface area (Å²) in [6, 6.07) is -1.25. The molecule has 7 nitrogen and oxygen atoms in total. The Labute approximate surface area is 116 Å².